The molecule has 1 N–H and O–H groups in total. The van der Waals surface area contributed by atoms with E-state index < -0.39 is 0 Å². The molecule has 6 heteroatoms. The number of aliphatic hydroxyl groups excluding tert-OH is 1. The quantitative estimate of drug-likeness (QED) is 0.767. The summed E-state index contributed by atoms with van der Waals surface area (Å²) in [5.41, 5.74) is 0. The van der Waals surface area contributed by atoms with Gasteiger partial charge in [-0.2, -0.15) is 0 Å². The lowest BCUT2D eigenvalue weighted by molar-refractivity contribution is -0.129. The molecule has 1 fully saturated rings. The second kappa shape index (κ2) is 4.16. The first-order valence-electron chi connectivity index (χ1n) is 4.75. The third-order valence-corrected chi connectivity index (χ3v) is 3.47. The first-order chi connectivity index (χ1) is 7.20. The zero-order valence-corrected chi connectivity index (χ0v) is 9.33. The third-order valence-electron chi connectivity index (χ3n) is 2.42. The predicted octanol–water partition coefficient (Wildman–Crippen LogP) is -0.0862. The molecule has 0 unspecified atom stereocenters. The lowest BCUT2D eigenvalue weighted by Gasteiger charge is -2.31. The van der Waals surface area contributed by atoms with Crippen LogP contribution in [0.15, 0.2) is 6.20 Å². The first kappa shape index (κ1) is 10.4. The highest BCUT2D eigenvalue weighted by atomic mass is 32.1. The summed E-state index contributed by atoms with van der Waals surface area (Å²) < 4.78 is 0. The number of aromatic nitrogens is 1. The average molecular weight is 227 g/mol. The number of carbonyl (C=O) groups excluding carboxylic acids is 1. The van der Waals surface area contributed by atoms with Gasteiger partial charge in [-0.15, -0.1) is 0 Å². The van der Waals surface area contributed by atoms with Gasteiger partial charge in [0.15, 0.2) is 5.13 Å². The fourth-order valence-electron chi connectivity index (χ4n) is 1.44. The Morgan fingerprint density at radius 3 is 3.00 bits per heavy atom. The van der Waals surface area contributed by atoms with Crippen LogP contribution in [0.1, 0.15) is 4.88 Å². The predicted molar refractivity (Wildman–Crippen MR) is 57.9 cm³/mol. The van der Waals surface area contributed by atoms with Gasteiger partial charge < -0.3 is 14.9 Å². The third kappa shape index (κ3) is 2.10. The molecule has 0 spiro atoms. The second-order valence-corrected chi connectivity index (χ2v) is 4.60. The Labute approximate surface area is 92.0 Å². The summed E-state index contributed by atoms with van der Waals surface area (Å²) in [6.45, 7) is 1.93. The van der Waals surface area contributed by atoms with Crippen molar-refractivity contribution in [1.29, 1.82) is 0 Å². The molecule has 2 rings (SSSR count). The molecule has 2 heterocycles. The molecular weight excluding hydrogens is 214 g/mol. The topological polar surface area (TPSA) is 56.7 Å². The maximum atomic E-state index is 11.5. The molecule has 5 nitrogen and oxygen atoms in total. The number of piperazine rings is 1. The van der Waals surface area contributed by atoms with Crippen LogP contribution < -0.4 is 4.90 Å². The second-order valence-electron chi connectivity index (χ2n) is 3.50. The molecule has 1 amide bonds. The number of hydrogen-bond acceptors (Lipinski definition) is 5. The fraction of sp³-hybridized carbons (Fsp3) is 0.556. The molecule has 1 aromatic heterocycles. The maximum Gasteiger partial charge on any atom is 0.241 e. The Morgan fingerprint density at radius 1 is 1.60 bits per heavy atom. The zero-order valence-electron chi connectivity index (χ0n) is 8.51. The van der Waals surface area contributed by atoms with E-state index in [9.17, 15) is 4.79 Å². The molecule has 1 aromatic rings. The summed E-state index contributed by atoms with van der Waals surface area (Å²) in [6.07, 6.45) is 1.66. The van der Waals surface area contributed by atoms with Crippen LogP contribution in [0.4, 0.5) is 5.13 Å². The number of nitrogens with zero attached hydrogens (tertiary/aromatic N) is 3. The number of likely N-dealkylation sites (N-methyl/N-ethyl adjacent to an activating group) is 1. The lowest BCUT2D eigenvalue weighted by Crippen LogP contribution is -2.48. The van der Waals surface area contributed by atoms with Crippen molar-refractivity contribution in [3.63, 3.8) is 0 Å². The highest BCUT2D eigenvalue weighted by Crippen LogP contribution is 2.23. The molecule has 0 aliphatic carbocycles. The van der Waals surface area contributed by atoms with Crippen LogP contribution >= 0.6 is 11.3 Å². The molecule has 1 aliphatic heterocycles. The van der Waals surface area contributed by atoms with Crippen molar-refractivity contribution < 1.29 is 9.90 Å². The van der Waals surface area contributed by atoms with Gasteiger partial charge in [-0.05, 0) is 0 Å². The highest BCUT2D eigenvalue weighted by molar-refractivity contribution is 7.15. The molecule has 1 saturated heterocycles. The molecule has 0 radical (unpaired) electrons. The summed E-state index contributed by atoms with van der Waals surface area (Å²) in [6, 6.07) is 0. The van der Waals surface area contributed by atoms with Crippen LogP contribution in [0.3, 0.4) is 0 Å². The Bertz CT molecular complexity index is 366. The zero-order chi connectivity index (χ0) is 10.8. The minimum absolute atomic E-state index is 0.0132. The van der Waals surface area contributed by atoms with E-state index in [0.717, 1.165) is 23.1 Å². The van der Waals surface area contributed by atoms with Gasteiger partial charge in [-0.25, -0.2) is 4.98 Å². The van der Waals surface area contributed by atoms with Crippen molar-refractivity contribution in [2.75, 3.05) is 31.6 Å². The summed E-state index contributed by atoms with van der Waals surface area (Å²) in [5.74, 6) is 0.113. The van der Waals surface area contributed by atoms with E-state index in [0.29, 0.717) is 6.54 Å². The maximum absolute atomic E-state index is 11.5. The van der Waals surface area contributed by atoms with E-state index in [1.54, 1.807) is 18.1 Å². The Morgan fingerprint density at radius 2 is 2.40 bits per heavy atom. The monoisotopic (exact) mass is 227 g/mol. The van der Waals surface area contributed by atoms with Crippen molar-refractivity contribution in [1.82, 2.24) is 9.88 Å². The van der Waals surface area contributed by atoms with Gasteiger partial charge in [-0.1, -0.05) is 11.3 Å². The number of rotatable bonds is 2. The molecular formula is C9H13N3O2S. The molecule has 0 atom stereocenters. The van der Waals surface area contributed by atoms with E-state index in [4.69, 9.17) is 5.11 Å². The highest BCUT2D eigenvalue weighted by Gasteiger charge is 2.22. The van der Waals surface area contributed by atoms with Gasteiger partial charge in [0.1, 0.15) is 0 Å². The van der Waals surface area contributed by atoms with Gasteiger partial charge in [-0.3, -0.25) is 4.79 Å². The number of carbonyl (C=O) groups is 1. The number of anilines is 1. The summed E-state index contributed by atoms with van der Waals surface area (Å²) in [4.78, 5) is 20.1. The minimum Gasteiger partial charge on any atom is -0.391 e. The van der Waals surface area contributed by atoms with Crippen LogP contribution in [0.2, 0.25) is 0 Å². The summed E-state index contributed by atoms with van der Waals surface area (Å²) in [7, 11) is 1.81. The normalized spacial score (nSPS) is 17.3. The summed E-state index contributed by atoms with van der Waals surface area (Å²) >= 11 is 1.44. The molecule has 0 bridgehead atoms. The SMILES string of the molecule is CN1CCN(c2ncc(CO)s2)CC1=O. The minimum atomic E-state index is 0.0132. The Balaban J connectivity index is 2.08. The molecule has 82 valence electrons. The van der Waals surface area contributed by atoms with Crippen molar-refractivity contribution in [3.05, 3.63) is 11.1 Å². The Kier molecular flexibility index (Phi) is 2.88. The van der Waals surface area contributed by atoms with Crippen LogP contribution in [0, 0.1) is 0 Å². The number of amides is 1. The average Bonchev–Trinajstić information content (AvgIpc) is 2.70. The van der Waals surface area contributed by atoms with Crippen LogP contribution in [0.25, 0.3) is 0 Å². The molecule has 0 saturated carbocycles. The van der Waals surface area contributed by atoms with Gasteiger partial charge in [0.2, 0.25) is 5.91 Å². The van der Waals surface area contributed by atoms with Crippen LogP contribution in [-0.4, -0.2) is 47.6 Å². The number of thiazole rings is 1. The molecule has 0 aromatic carbocycles. The van der Waals surface area contributed by atoms with Crippen molar-refractivity contribution >= 4 is 22.4 Å². The van der Waals surface area contributed by atoms with E-state index in [2.05, 4.69) is 4.98 Å². The fourth-order valence-corrected chi connectivity index (χ4v) is 2.23. The van der Waals surface area contributed by atoms with Crippen LogP contribution in [0.5, 0.6) is 0 Å². The van der Waals surface area contributed by atoms with Crippen molar-refractivity contribution in [2.24, 2.45) is 0 Å². The van der Waals surface area contributed by atoms with E-state index in [-0.39, 0.29) is 12.5 Å². The van der Waals surface area contributed by atoms with E-state index in [1.807, 2.05) is 4.90 Å². The van der Waals surface area contributed by atoms with Gasteiger partial charge in [0, 0.05) is 26.3 Å². The Hall–Kier alpha value is -1.14. The van der Waals surface area contributed by atoms with Gasteiger partial charge in [0.05, 0.1) is 18.0 Å². The number of hydrogen-bond donors (Lipinski definition) is 1. The van der Waals surface area contributed by atoms with Crippen molar-refractivity contribution in [3.8, 4) is 0 Å². The van der Waals surface area contributed by atoms with Crippen LogP contribution in [-0.2, 0) is 11.4 Å². The standard InChI is InChI=1S/C9H13N3O2S/c1-11-2-3-12(5-8(11)14)9-10-4-7(6-13)15-9/h4,13H,2-3,5-6H2,1H3. The lowest BCUT2D eigenvalue weighted by atomic mass is 10.3. The first-order valence-corrected chi connectivity index (χ1v) is 5.57. The largest absolute Gasteiger partial charge is 0.391 e. The molecule has 1 aliphatic rings. The number of aliphatic hydroxyl groups is 1. The van der Waals surface area contributed by atoms with E-state index in [1.165, 1.54) is 11.3 Å². The van der Waals surface area contributed by atoms with Gasteiger partial charge in [0.25, 0.3) is 0 Å². The smallest absolute Gasteiger partial charge is 0.241 e. The van der Waals surface area contributed by atoms with E-state index >= 15 is 0 Å². The van der Waals surface area contributed by atoms with Crippen molar-refractivity contribution in [2.45, 2.75) is 6.61 Å². The summed E-state index contributed by atoms with van der Waals surface area (Å²) in [5, 5.41) is 9.74. The van der Waals surface area contributed by atoms with Gasteiger partial charge >= 0.3 is 0 Å². The molecule has 15 heavy (non-hydrogen) atoms.